The number of nitrogens with zero attached hydrogens (tertiary/aromatic N) is 1. The summed E-state index contributed by atoms with van der Waals surface area (Å²) in [5.74, 6) is 0. The van der Waals surface area contributed by atoms with Gasteiger partial charge in [-0.15, -0.1) is 11.3 Å². The van der Waals surface area contributed by atoms with Crippen LogP contribution < -0.4 is 4.90 Å². The molecule has 9 aromatic carbocycles. The van der Waals surface area contributed by atoms with Gasteiger partial charge in [-0.25, -0.2) is 0 Å². The van der Waals surface area contributed by atoms with Crippen molar-refractivity contribution in [1.82, 2.24) is 0 Å². The lowest BCUT2D eigenvalue weighted by Crippen LogP contribution is -2.10. The van der Waals surface area contributed by atoms with Gasteiger partial charge in [0.1, 0.15) is 0 Å². The summed E-state index contributed by atoms with van der Waals surface area (Å²) in [5, 5.41) is 2.58. The number of hydrogen-bond donors (Lipinski definition) is 0. The minimum Gasteiger partial charge on any atom is -0.309 e. The van der Waals surface area contributed by atoms with E-state index >= 15 is 0 Å². The van der Waals surface area contributed by atoms with Crippen LogP contribution in [0.1, 0.15) is 0 Å². The number of anilines is 3. The molecule has 0 atom stereocenters. The van der Waals surface area contributed by atoms with Gasteiger partial charge < -0.3 is 4.90 Å². The number of benzene rings is 9. The Morgan fingerprint density at radius 1 is 0.286 bits per heavy atom. The molecule has 2 heteroatoms. The third-order valence-electron chi connectivity index (χ3n) is 10.7. The van der Waals surface area contributed by atoms with Crippen molar-refractivity contribution in [2.75, 3.05) is 4.90 Å². The van der Waals surface area contributed by atoms with E-state index in [-0.39, 0.29) is 0 Å². The Kier molecular flexibility index (Phi) is 8.79. The maximum absolute atomic E-state index is 2.44. The maximum Gasteiger partial charge on any atom is 0.0640 e. The van der Waals surface area contributed by atoms with E-state index in [2.05, 4.69) is 229 Å². The number of fused-ring (bicyclic) bond motifs is 3. The highest BCUT2D eigenvalue weighted by molar-refractivity contribution is 7.26. The van der Waals surface area contributed by atoms with Crippen molar-refractivity contribution in [3.05, 3.63) is 224 Å². The molecule has 0 spiro atoms. The first kappa shape index (κ1) is 33.6. The predicted octanol–water partition coefficient (Wildman–Crippen LogP) is 15.9. The van der Waals surface area contributed by atoms with E-state index in [0.717, 1.165) is 17.1 Å². The van der Waals surface area contributed by atoms with Crippen molar-refractivity contribution in [2.24, 2.45) is 0 Å². The molecule has 1 heterocycles. The molecule has 1 nitrogen and oxygen atoms in total. The minimum atomic E-state index is 1.11. The molecule has 0 amide bonds. The van der Waals surface area contributed by atoms with Crippen molar-refractivity contribution < 1.29 is 0 Å². The molecule has 0 aliphatic heterocycles. The van der Waals surface area contributed by atoms with Crippen LogP contribution in [0.4, 0.5) is 17.1 Å². The molecule has 0 bridgehead atoms. The average molecular weight is 732 g/mol. The lowest BCUT2D eigenvalue weighted by molar-refractivity contribution is 1.30. The fraction of sp³-hybridized carbons (Fsp3) is 0. The summed E-state index contributed by atoms with van der Waals surface area (Å²) in [5.41, 5.74) is 15.6. The Labute approximate surface area is 332 Å². The monoisotopic (exact) mass is 731 g/mol. The van der Waals surface area contributed by atoms with Gasteiger partial charge in [-0.2, -0.15) is 0 Å². The van der Waals surface area contributed by atoms with Gasteiger partial charge >= 0.3 is 0 Å². The van der Waals surface area contributed by atoms with Crippen molar-refractivity contribution >= 4 is 48.6 Å². The molecule has 0 aliphatic rings. The lowest BCUT2D eigenvalue weighted by atomic mass is 9.94. The zero-order chi connectivity index (χ0) is 37.3. The van der Waals surface area contributed by atoms with Crippen molar-refractivity contribution in [1.29, 1.82) is 0 Å². The molecule has 0 unspecified atom stereocenters. The first-order valence-electron chi connectivity index (χ1n) is 19.1. The van der Waals surface area contributed by atoms with Crippen LogP contribution in [-0.4, -0.2) is 0 Å². The second-order valence-electron chi connectivity index (χ2n) is 14.1. The normalized spacial score (nSPS) is 11.2. The Hall–Kier alpha value is -7.00. The van der Waals surface area contributed by atoms with Crippen LogP contribution in [0.3, 0.4) is 0 Å². The fourth-order valence-corrected chi connectivity index (χ4v) is 9.30. The molecule has 10 rings (SSSR count). The molecule has 1 aromatic heterocycles. The highest BCUT2D eigenvalue weighted by Gasteiger charge is 2.21. The molecular weight excluding hydrogens is 695 g/mol. The SMILES string of the molecule is c1ccc(-c2ccccc2-c2ccc(N(c3ccc(-c4ccccc4-c4ccccc4)cc3)c3ccc(-c4ccccc4)c4c3sc3ccccc34)cc2)cc1. The second kappa shape index (κ2) is 14.7. The molecule has 0 saturated carbocycles. The number of hydrogen-bond acceptors (Lipinski definition) is 2. The molecule has 0 fully saturated rings. The number of thiophene rings is 1. The van der Waals surface area contributed by atoms with E-state index in [0.29, 0.717) is 0 Å². The largest absolute Gasteiger partial charge is 0.309 e. The van der Waals surface area contributed by atoms with Gasteiger partial charge in [-0.05, 0) is 92.0 Å². The summed E-state index contributed by atoms with van der Waals surface area (Å²) in [6.45, 7) is 0. The highest BCUT2D eigenvalue weighted by atomic mass is 32.1. The van der Waals surface area contributed by atoms with E-state index in [4.69, 9.17) is 0 Å². The molecule has 264 valence electrons. The first-order valence-corrected chi connectivity index (χ1v) is 19.9. The van der Waals surface area contributed by atoms with E-state index in [1.807, 2.05) is 11.3 Å². The smallest absolute Gasteiger partial charge is 0.0640 e. The van der Waals surface area contributed by atoms with Gasteiger partial charge in [-0.3, -0.25) is 0 Å². The van der Waals surface area contributed by atoms with Gasteiger partial charge in [0.25, 0.3) is 0 Å². The summed E-state index contributed by atoms with van der Waals surface area (Å²) < 4.78 is 2.55. The quantitative estimate of drug-likeness (QED) is 0.150. The summed E-state index contributed by atoms with van der Waals surface area (Å²) >= 11 is 1.87. The van der Waals surface area contributed by atoms with Crippen molar-refractivity contribution in [3.63, 3.8) is 0 Å². The Bertz CT molecular complexity index is 2800. The van der Waals surface area contributed by atoms with Gasteiger partial charge in [0.2, 0.25) is 0 Å². The summed E-state index contributed by atoms with van der Waals surface area (Å²) in [7, 11) is 0. The first-order chi connectivity index (χ1) is 27.8. The Balaban J connectivity index is 1.14. The van der Waals surface area contributed by atoms with Gasteiger partial charge in [-0.1, -0.05) is 188 Å². The molecule has 0 aliphatic carbocycles. The molecule has 10 aromatic rings. The molecule has 0 saturated heterocycles. The van der Waals surface area contributed by atoms with Crippen LogP contribution in [0.2, 0.25) is 0 Å². The predicted molar refractivity (Wildman–Crippen MR) is 241 cm³/mol. The maximum atomic E-state index is 2.44. The van der Waals surface area contributed by atoms with E-state index < -0.39 is 0 Å². The van der Waals surface area contributed by atoms with Crippen LogP contribution in [0.15, 0.2) is 224 Å². The third kappa shape index (κ3) is 6.17. The van der Waals surface area contributed by atoms with Crippen molar-refractivity contribution in [3.8, 4) is 55.6 Å². The zero-order valence-electron chi connectivity index (χ0n) is 30.7. The standard InChI is InChI=1S/C54H37NS/c1-4-16-38(17-5-1)45-22-10-12-24-47(45)41-28-32-43(33-29-41)55(44-34-30-42(31-35-44)48-25-13-11-23-46(48)39-18-6-2-7-19-39)51-37-36-49(40-20-8-3-9-21-40)53-50-26-14-15-27-52(50)56-54(51)53/h1-37H. The van der Waals surface area contributed by atoms with Crippen LogP contribution in [0.25, 0.3) is 75.8 Å². The zero-order valence-corrected chi connectivity index (χ0v) is 31.5. The molecule has 0 N–H and O–H groups in total. The fourth-order valence-electron chi connectivity index (χ4n) is 8.06. The van der Waals surface area contributed by atoms with Gasteiger partial charge in [0.15, 0.2) is 0 Å². The summed E-state index contributed by atoms with van der Waals surface area (Å²) in [4.78, 5) is 2.44. The van der Waals surface area contributed by atoms with Crippen LogP contribution in [-0.2, 0) is 0 Å². The topological polar surface area (TPSA) is 3.24 Å². The Morgan fingerprint density at radius 2 is 0.661 bits per heavy atom. The van der Waals surface area contributed by atoms with Crippen molar-refractivity contribution in [2.45, 2.75) is 0 Å². The molecular formula is C54H37NS. The summed E-state index contributed by atoms with van der Waals surface area (Å²) in [6.07, 6.45) is 0. The minimum absolute atomic E-state index is 1.11. The van der Waals surface area contributed by atoms with E-state index in [1.54, 1.807) is 0 Å². The highest BCUT2D eigenvalue weighted by Crippen LogP contribution is 2.49. The van der Waals surface area contributed by atoms with E-state index in [1.165, 1.54) is 75.8 Å². The van der Waals surface area contributed by atoms with Crippen LogP contribution >= 0.6 is 11.3 Å². The third-order valence-corrected chi connectivity index (χ3v) is 11.9. The second-order valence-corrected chi connectivity index (χ2v) is 15.1. The van der Waals surface area contributed by atoms with Crippen LogP contribution in [0, 0.1) is 0 Å². The summed E-state index contributed by atoms with van der Waals surface area (Å²) in [6, 6.07) is 81.2. The van der Waals surface area contributed by atoms with E-state index in [9.17, 15) is 0 Å². The van der Waals surface area contributed by atoms with Gasteiger partial charge in [0.05, 0.1) is 10.4 Å². The van der Waals surface area contributed by atoms with Gasteiger partial charge in [0, 0.05) is 26.8 Å². The molecule has 0 radical (unpaired) electrons. The molecule has 56 heavy (non-hydrogen) atoms. The Morgan fingerprint density at radius 3 is 1.12 bits per heavy atom. The lowest BCUT2D eigenvalue weighted by Gasteiger charge is -2.27. The average Bonchev–Trinajstić information content (AvgIpc) is 3.68. The number of rotatable bonds is 8. The van der Waals surface area contributed by atoms with Crippen LogP contribution in [0.5, 0.6) is 0 Å².